The highest BCUT2D eigenvalue weighted by molar-refractivity contribution is 5.54. The highest BCUT2D eigenvalue weighted by Crippen LogP contribution is 2.16. The molecule has 2 aromatic rings. The van der Waals surface area contributed by atoms with Gasteiger partial charge in [-0.2, -0.15) is 4.98 Å². The largest absolute Gasteiger partial charge is 0.334 e. The van der Waals surface area contributed by atoms with Gasteiger partial charge in [-0.25, -0.2) is 0 Å². The van der Waals surface area contributed by atoms with E-state index in [1.54, 1.807) is 12.4 Å². The lowest BCUT2D eigenvalue weighted by atomic mass is 10.1. The van der Waals surface area contributed by atoms with Gasteiger partial charge >= 0.3 is 0 Å². The maximum absolute atomic E-state index is 5.24. The van der Waals surface area contributed by atoms with Crippen molar-refractivity contribution in [2.24, 2.45) is 0 Å². The van der Waals surface area contributed by atoms with Gasteiger partial charge in [-0.3, -0.25) is 4.98 Å². The quantitative estimate of drug-likeness (QED) is 0.760. The summed E-state index contributed by atoms with van der Waals surface area (Å²) >= 11 is 0. The number of allylic oxidation sites excluding steroid dienone is 3. The Labute approximate surface area is 119 Å². The van der Waals surface area contributed by atoms with Crippen molar-refractivity contribution in [2.45, 2.75) is 33.6 Å². The second kappa shape index (κ2) is 6.80. The monoisotopic (exact) mass is 269 g/mol. The molecule has 4 heteroatoms. The highest BCUT2D eigenvalue weighted by atomic mass is 16.5. The van der Waals surface area contributed by atoms with Crippen LogP contribution in [0.25, 0.3) is 17.5 Å². The second-order valence-electron chi connectivity index (χ2n) is 5.01. The van der Waals surface area contributed by atoms with E-state index in [0.717, 1.165) is 18.4 Å². The van der Waals surface area contributed by atoms with Gasteiger partial charge in [0.1, 0.15) is 0 Å². The Hall–Kier alpha value is -2.23. The molecule has 2 aromatic heterocycles. The average Bonchev–Trinajstić information content (AvgIpc) is 2.88. The zero-order chi connectivity index (χ0) is 14.4. The Morgan fingerprint density at radius 3 is 2.85 bits per heavy atom. The summed E-state index contributed by atoms with van der Waals surface area (Å²) < 4.78 is 5.24. The zero-order valence-corrected chi connectivity index (χ0v) is 12.1. The SMILES string of the molecule is CC(C)=CCCC(C)=Cc1nc(-c2cccnc2)no1. The van der Waals surface area contributed by atoms with Crippen LogP contribution in [0.4, 0.5) is 0 Å². The normalized spacial score (nSPS) is 11.4. The topological polar surface area (TPSA) is 51.8 Å². The van der Waals surface area contributed by atoms with Crippen molar-refractivity contribution < 1.29 is 4.52 Å². The van der Waals surface area contributed by atoms with Crippen LogP contribution >= 0.6 is 0 Å². The number of rotatable bonds is 5. The fourth-order valence-electron chi connectivity index (χ4n) is 1.78. The fraction of sp³-hybridized carbons (Fsp3) is 0.312. The Morgan fingerprint density at radius 1 is 1.30 bits per heavy atom. The van der Waals surface area contributed by atoms with Gasteiger partial charge in [0, 0.05) is 24.0 Å². The third-order valence-corrected chi connectivity index (χ3v) is 2.82. The van der Waals surface area contributed by atoms with E-state index in [1.165, 1.54) is 11.1 Å². The molecular weight excluding hydrogens is 250 g/mol. The molecule has 104 valence electrons. The first-order chi connectivity index (χ1) is 9.65. The molecule has 0 bridgehead atoms. The summed E-state index contributed by atoms with van der Waals surface area (Å²) in [5.41, 5.74) is 3.43. The third-order valence-electron chi connectivity index (χ3n) is 2.82. The number of aromatic nitrogens is 3. The summed E-state index contributed by atoms with van der Waals surface area (Å²) in [5, 5.41) is 3.97. The molecular formula is C16H19N3O. The predicted molar refractivity (Wildman–Crippen MR) is 79.8 cm³/mol. The Balaban J connectivity index is 2.04. The lowest BCUT2D eigenvalue weighted by Gasteiger charge is -1.96. The van der Waals surface area contributed by atoms with Crippen LogP contribution in [0.1, 0.15) is 39.5 Å². The second-order valence-corrected chi connectivity index (χ2v) is 5.01. The number of hydrogen-bond acceptors (Lipinski definition) is 4. The number of pyridine rings is 1. The van der Waals surface area contributed by atoms with Crippen molar-refractivity contribution in [1.82, 2.24) is 15.1 Å². The molecule has 0 aromatic carbocycles. The smallest absolute Gasteiger partial charge is 0.250 e. The first-order valence-electron chi connectivity index (χ1n) is 6.70. The lowest BCUT2D eigenvalue weighted by Crippen LogP contribution is -1.82. The van der Waals surface area contributed by atoms with E-state index in [-0.39, 0.29) is 0 Å². The van der Waals surface area contributed by atoms with Crippen molar-refractivity contribution >= 4 is 6.08 Å². The molecule has 20 heavy (non-hydrogen) atoms. The van der Waals surface area contributed by atoms with Crippen LogP contribution in [0, 0.1) is 0 Å². The minimum Gasteiger partial charge on any atom is -0.334 e. The van der Waals surface area contributed by atoms with Crippen LogP contribution in [-0.2, 0) is 0 Å². The lowest BCUT2D eigenvalue weighted by molar-refractivity contribution is 0.410. The van der Waals surface area contributed by atoms with E-state index in [1.807, 2.05) is 18.2 Å². The molecule has 0 saturated carbocycles. The summed E-state index contributed by atoms with van der Waals surface area (Å²) in [6, 6.07) is 3.76. The summed E-state index contributed by atoms with van der Waals surface area (Å²) in [7, 11) is 0. The van der Waals surface area contributed by atoms with Crippen LogP contribution in [0.3, 0.4) is 0 Å². The average molecular weight is 269 g/mol. The standard InChI is InChI=1S/C16H19N3O/c1-12(2)6-4-7-13(3)10-15-18-16(19-20-15)14-8-5-9-17-11-14/h5-6,8-11H,4,7H2,1-3H3. The van der Waals surface area contributed by atoms with Crippen LogP contribution in [0.15, 0.2) is 46.3 Å². The van der Waals surface area contributed by atoms with Gasteiger partial charge in [-0.15, -0.1) is 0 Å². The zero-order valence-electron chi connectivity index (χ0n) is 12.1. The van der Waals surface area contributed by atoms with E-state index in [2.05, 4.69) is 42.0 Å². The molecule has 2 heterocycles. The van der Waals surface area contributed by atoms with Crippen molar-refractivity contribution in [3.63, 3.8) is 0 Å². The van der Waals surface area contributed by atoms with Crippen LogP contribution in [0.2, 0.25) is 0 Å². The number of nitrogens with zero attached hydrogens (tertiary/aromatic N) is 3. The molecule has 0 fully saturated rings. The fourth-order valence-corrected chi connectivity index (χ4v) is 1.78. The molecule has 0 aliphatic rings. The molecule has 0 amide bonds. The third kappa shape index (κ3) is 4.16. The first-order valence-corrected chi connectivity index (χ1v) is 6.70. The van der Waals surface area contributed by atoms with E-state index >= 15 is 0 Å². The Bertz CT molecular complexity index is 608. The van der Waals surface area contributed by atoms with Gasteiger partial charge in [0.05, 0.1) is 0 Å². The molecule has 2 rings (SSSR count). The van der Waals surface area contributed by atoms with Crippen LogP contribution < -0.4 is 0 Å². The van der Waals surface area contributed by atoms with Gasteiger partial charge in [0.2, 0.25) is 5.82 Å². The van der Waals surface area contributed by atoms with Crippen molar-refractivity contribution in [3.8, 4) is 11.4 Å². The molecule has 0 saturated heterocycles. The van der Waals surface area contributed by atoms with E-state index < -0.39 is 0 Å². The van der Waals surface area contributed by atoms with Gasteiger partial charge < -0.3 is 4.52 Å². The molecule has 4 nitrogen and oxygen atoms in total. The van der Waals surface area contributed by atoms with Gasteiger partial charge in [0.25, 0.3) is 5.89 Å². The Morgan fingerprint density at radius 2 is 2.15 bits per heavy atom. The Kier molecular flexibility index (Phi) is 4.82. The minimum atomic E-state index is 0.540. The van der Waals surface area contributed by atoms with E-state index in [9.17, 15) is 0 Å². The van der Waals surface area contributed by atoms with E-state index in [0.29, 0.717) is 11.7 Å². The summed E-state index contributed by atoms with van der Waals surface area (Å²) in [4.78, 5) is 8.40. The highest BCUT2D eigenvalue weighted by Gasteiger charge is 2.06. The summed E-state index contributed by atoms with van der Waals surface area (Å²) in [6.45, 7) is 6.29. The van der Waals surface area contributed by atoms with Crippen molar-refractivity contribution in [2.75, 3.05) is 0 Å². The predicted octanol–water partition coefficient (Wildman–Crippen LogP) is 4.28. The van der Waals surface area contributed by atoms with Gasteiger partial charge in [-0.1, -0.05) is 22.4 Å². The molecule has 0 atom stereocenters. The van der Waals surface area contributed by atoms with Crippen LogP contribution in [0.5, 0.6) is 0 Å². The van der Waals surface area contributed by atoms with Crippen LogP contribution in [-0.4, -0.2) is 15.1 Å². The molecule has 0 aliphatic carbocycles. The summed E-state index contributed by atoms with van der Waals surface area (Å²) in [5.74, 6) is 1.11. The number of hydrogen-bond donors (Lipinski definition) is 0. The molecule has 0 radical (unpaired) electrons. The van der Waals surface area contributed by atoms with Gasteiger partial charge in [-0.05, 0) is 45.7 Å². The van der Waals surface area contributed by atoms with Gasteiger partial charge in [0.15, 0.2) is 0 Å². The maximum Gasteiger partial charge on any atom is 0.250 e. The van der Waals surface area contributed by atoms with E-state index in [4.69, 9.17) is 4.52 Å². The van der Waals surface area contributed by atoms with Crippen molar-refractivity contribution in [1.29, 1.82) is 0 Å². The maximum atomic E-state index is 5.24. The molecule has 0 unspecified atom stereocenters. The minimum absolute atomic E-state index is 0.540. The van der Waals surface area contributed by atoms with Crippen molar-refractivity contribution in [3.05, 3.63) is 47.6 Å². The first kappa shape index (κ1) is 14.2. The molecule has 0 N–H and O–H groups in total. The molecule has 0 aliphatic heterocycles. The summed E-state index contributed by atoms with van der Waals surface area (Å²) in [6.07, 6.45) is 9.64. The molecule has 0 spiro atoms.